The first-order valence-electron chi connectivity index (χ1n) is 3.78. The molecule has 0 radical (unpaired) electrons. The van der Waals surface area contributed by atoms with Gasteiger partial charge in [-0.25, -0.2) is 0 Å². The number of rotatable bonds is 4. The third kappa shape index (κ3) is 2.75. The molecule has 14 heavy (non-hydrogen) atoms. The van der Waals surface area contributed by atoms with E-state index in [-0.39, 0.29) is 23.9 Å². The Kier molecular flexibility index (Phi) is 3.98. The van der Waals surface area contributed by atoms with Crippen LogP contribution in [0.3, 0.4) is 0 Å². The van der Waals surface area contributed by atoms with Crippen LogP contribution >= 0.6 is 23.2 Å². The molecule has 0 aliphatic carbocycles. The predicted octanol–water partition coefficient (Wildman–Crippen LogP) is 2.87. The van der Waals surface area contributed by atoms with E-state index in [0.717, 1.165) is 0 Å². The van der Waals surface area contributed by atoms with Gasteiger partial charge in [0.25, 0.3) is 0 Å². The second-order valence-corrected chi connectivity index (χ2v) is 3.22. The van der Waals surface area contributed by atoms with Crippen molar-refractivity contribution in [2.24, 2.45) is 0 Å². The van der Waals surface area contributed by atoms with Crippen molar-refractivity contribution < 1.29 is 9.66 Å². The maximum Gasteiger partial charge on any atom is 0.312 e. The first-order valence-corrected chi connectivity index (χ1v) is 4.69. The Hall–Kier alpha value is -1.00. The van der Waals surface area contributed by atoms with Crippen molar-refractivity contribution >= 4 is 28.9 Å². The van der Waals surface area contributed by atoms with E-state index < -0.39 is 4.92 Å². The van der Waals surface area contributed by atoms with Gasteiger partial charge in [-0.05, 0) is 12.1 Å². The van der Waals surface area contributed by atoms with Crippen molar-refractivity contribution in [3.05, 3.63) is 33.3 Å². The summed E-state index contributed by atoms with van der Waals surface area (Å²) in [7, 11) is 0. The van der Waals surface area contributed by atoms with Gasteiger partial charge < -0.3 is 4.74 Å². The molecule has 0 amide bonds. The molecule has 0 heterocycles. The molecule has 0 aromatic heterocycles. The Morgan fingerprint density at radius 3 is 2.79 bits per heavy atom. The standard InChI is InChI=1S/C8H7Cl2NO3/c9-3-4-14-8-2-1-6(10)5-7(8)11(12)13/h1-2,5H,3-4H2. The zero-order valence-electron chi connectivity index (χ0n) is 7.07. The van der Waals surface area contributed by atoms with Gasteiger partial charge in [0.15, 0.2) is 5.75 Å². The third-order valence-corrected chi connectivity index (χ3v) is 1.84. The molecule has 6 heteroatoms. The minimum Gasteiger partial charge on any atom is -0.486 e. The van der Waals surface area contributed by atoms with Gasteiger partial charge in [-0.3, -0.25) is 10.1 Å². The monoisotopic (exact) mass is 235 g/mol. The van der Waals surface area contributed by atoms with Crippen molar-refractivity contribution in [2.45, 2.75) is 0 Å². The molecule has 0 saturated carbocycles. The fourth-order valence-corrected chi connectivity index (χ4v) is 1.15. The molecule has 1 rings (SSSR count). The minimum absolute atomic E-state index is 0.150. The summed E-state index contributed by atoms with van der Waals surface area (Å²) in [5.41, 5.74) is -0.150. The zero-order valence-corrected chi connectivity index (χ0v) is 8.59. The van der Waals surface area contributed by atoms with Crippen LogP contribution in [0.25, 0.3) is 0 Å². The van der Waals surface area contributed by atoms with Crippen molar-refractivity contribution in [1.82, 2.24) is 0 Å². The number of hydrogen-bond acceptors (Lipinski definition) is 3. The number of ether oxygens (including phenoxy) is 1. The van der Waals surface area contributed by atoms with E-state index in [1.807, 2.05) is 0 Å². The molecule has 0 unspecified atom stereocenters. The summed E-state index contributed by atoms with van der Waals surface area (Å²) in [5.74, 6) is 0.458. The zero-order chi connectivity index (χ0) is 10.6. The van der Waals surface area contributed by atoms with E-state index in [4.69, 9.17) is 27.9 Å². The van der Waals surface area contributed by atoms with Gasteiger partial charge >= 0.3 is 5.69 Å². The lowest BCUT2D eigenvalue weighted by atomic mass is 10.3. The second kappa shape index (κ2) is 5.02. The first-order chi connectivity index (χ1) is 6.65. The van der Waals surface area contributed by atoms with E-state index >= 15 is 0 Å². The van der Waals surface area contributed by atoms with Gasteiger partial charge in [0, 0.05) is 11.1 Å². The van der Waals surface area contributed by atoms with E-state index in [9.17, 15) is 10.1 Å². The molecule has 0 spiro atoms. The Bertz CT molecular complexity index is 343. The lowest BCUT2D eigenvalue weighted by Gasteiger charge is -2.04. The first kappa shape index (κ1) is 11.1. The Morgan fingerprint density at radius 2 is 2.21 bits per heavy atom. The number of hydrogen-bond donors (Lipinski definition) is 0. The topological polar surface area (TPSA) is 52.4 Å². The quantitative estimate of drug-likeness (QED) is 0.458. The highest BCUT2D eigenvalue weighted by molar-refractivity contribution is 6.30. The van der Waals surface area contributed by atoms with Crippen LogP contribution in [0, 0.1) is 10.1 Å². The molecule has 0 bridgehead atoms. The Labute approximate surface area is 90.5 Å². The molecule has 0 aliphatic rings. The summed E-state index contributed by atoms with van der Waals surface area (Å²) in [6, 6.07) is 4.22. The number of nitro benzene ring substituents is 1. The summed E-state index contributed by atoms with van der Waals surface area (Å²) in [6.45, 7) is 0.226. The second-order valence-electron chi connectivity index (χ2n) is 2.41. The highest BCUT2D eigenvalue weighted by Crippen LogP contribution is 2.29. The summed E-state index contributed by atoms with van der Waals surface area (Å²) in [4.78, 5) is 10.0. The fourth-order valence-electron chi connectivity index (χ4n) is 0.904. The average Bonchev–Trinajstić information content (AvgIpc) is 2.15. The van der Waals surface area contributed by atoms with E-state index in [1.54, 1.807) is 0 Å². The normalized spacial score (nSPS) is 9.86. The number of halogens is 2. The minimum atomic E-state index is -0.546. The SMILES string of the molecule is O=[N+]([O-])c1cc(Cl)ccc1OCCCl. The predicted molar refractivity (Wildman–Crippen MR) is 54.3 cm³/mol. The molecule has 0 aliphatic heterocycles. The summed E-state index contributed by atoms with van der Waals surface area (Å²) in [6.07, 6.45) is 0. The van der Waals surface area contributed by atoms with Gasteiger partial charge in [-0.2, -0.15) is 0 Å². The third-order valence-electron chi connectivity index (χ3n) is 1.45. The van der Waals surface area contributed by atoms with Gasteiger partial charge in [-0.1, -0.05) is 11.6 Å². The molecule has 4 nitrogen and oxygen atoms in total. The molecular weight excluding hydrogens is 229 g/mol. The summed E-state index contributed by atoms with van der Waals surface area (Å²) < 4.78 is 5.07. The maximum atomic E-state index is 10.6. The molecule has 1 aromatic rings. The van der Waals surface area contributed by atoms with Crippen LogP contribution in [-0.4, -0.2) is 17.4 Å². The fraction of sp³-hybridized carbons (Fsp3) is 0.250. The highest BCUT2D eigenvalue weighted by atomic mass is 35.5. The molecule has 0 saturated heterocycles. The van der Waals surface area contributed by atoms with Crippen LogP contribution in [0.5, 0.6) is 5.75 Å². The molecule has 0 N–H and O–H groups in total. The van der Waals surface area contributed by atoms with Gasteiger partial charge in [0.2, 0.25) is 0 Å². The summed E-state index contributed by atoms with van der Waals surface area (Å²) in [5, 5.41) is 10.9. The number of alkyl halides is 1. The van der Waals surface area contributed by atoms with Crippen LogP contribution in [0.15, 0.2) is 18.2 Å². The van der Waals surface area contributed by atoms with Gasteiger partial charge in [0.05, 0.1) is 10.8 Å². The lowest BCUT2D eigenvalue weighted by molar-refractivity contribution is -0.385. The van der Waals surface area contributed by atoms with E-state index in [0.29, 0.717) is 5.02 Å². The Balaban J connectivity index is 2.96. The summed E-state index contributed by atoms with van der Waals surface area (Å²) >= 11 is 11.0. The Morgan fingerprint density at radius 1 is 1.50 bits per heavy atom. The van der Waals surface area contributed by atoms with Crippen molar-refractivity contribution in [2.75, 3.05) is 12.5 Å². The molecule has 0 fully saturated rings. The number of nitrogens with zero attached hydrogens (tertiary/aromatic N) is 1. The van der Waals surface area contributed by atoms with Gasteiger partial charge in [-0.15, -0.1) is 11.6 Å². The molecular formula is C8H7Cl2NO3. The molecule has 0 atom stereocenters. The van der Waals surface area contributed by atoms with E-state index in [2.05, 4.69) is 0 Å². The largest absolute Gasteiger partial charge is 0.486 e. The van der Waals surface area contributed by atoms with Crippen LogP contribution < -0.4 is 4.74 Å². The van der Waals surface area contributed by atoms with Crippen LogP contribution in [-0.2, 0) is 0 Å². The van der Waals surface area contributed by atoms with Crippen molar-refractivity contribution in [3.8, 4) is 5.75 Å². The van der Waals surface area contributed by atoms with Crippen LogP contribution in [0.4, 0.5) is 5.69 Å². The van der Waals surface area contributed by atoms with Gasteiger partial charge in [0.1, 0.15) is 6.61 Å². The smallest absolute Gasteiger partial charge is 0.312 e. The highest BCUT2D eigenvalue weighted by Gasteiger charge is 2.15. The van der Waals surface area contributed by atoms with Crippen molar-refractivity contribution in [3.63, 3.8) is 0 Å². The number of nitro groups is 1. The maximum absolute atomic E-state index is 10.6. The number of benzene rings is 1. The van der Waals surface area contributed by atoms with E-state index in [1.165, 1.54) is 18.2 Å². The molecule has 76 valence electrons. The van der Waals surface area contributed by atoms with Crippen LogP contribution in [0.1, 0.15) is 0 Å². The molecule has 1 aromatic carbocycles. The van der Waals surface area contributed by atoms with Crippen molar-refractivity contribution in [1.29, 1.82) is 0 Å². The average molecular weight is 236 g/mol. The van der Waals surface area contributed by atoms with Crippen LogP contribution in [0.2, 0.25) is 5.02 Å². The lowest BCUT2D eigenvalue weighted by Crippen LogP contribution is -2.01.